The highest BCUT2D eigenvalue weighted by molar-refractivity contribution is 7.13. The minimum Gasteiger partial charge on any atom is -0.493 e. The lowest BCUT2D eigenvalue weighted by atomic mass is 10.1. The largest absolute Gasteiger partial charge is 0.493 e. The molecule has 0 bridgehead atoms. The van der Waals surface area contributed by atoms with E-state index in [0.29, 0.717) is 23.5 Å². The molecule has 3 aromatic rings. The molecule has 0 radical (unpaired) electrons. The van der Waals surface area contributed by atoms with Crippen molar-refractivity contribution in [2.24, 2.45) is 0 Å². The number of ether oxygens (including phenoxy) is 4. The maximum Gasteiger partial charge on any atom is 0.308 e. The number of esters is 2. The number of aryl methyl sites for hydroxylation is 1. The number of methoxy groups -OCH3 is 2. The summed E-state index contributed by atoms with van der Waals surface area (Å²) in [4.78, 5) is 40.0. The molecule has 0 aliphatic rings. The molecule has 0 amide bonds. The fourth-order valence-corrected chi connectivity index (χ4v) is 3.92. The predicted molar refractivity (Wildman–Crippen MR) is 122 cm³/mol. The molecule has 1 aromatic heterocycles. The second kappa shape index (κ2) is 10.7. The molecule has 3 rings (SSSR count). The fourth-order valence-electron chi connectivity index (χ4n) is 3.06. The fraction of sp³-hybridized carbons (Fsp3) is 0.250. The zero-order chi connectivity index (χ0) is 24.0. The van der Waals surface area contributed by atoms with Crippen molar-refractivity contribution in [3.05, 3.63) is 53.0 Å². The molecule has 0 saturated carbocycles. The van der Waals surface area contributed by atoms with Gasteiger partial charge in [0.1, 0.15) is 5.01 Å². The molecule has 0 unspecified atom stereocenters. The van der Waals surface area contributed by atoms with Crippen LogP contribution in [-0.2, 0) is 16.0 Å². The number of hydrogen-bond acceptors (Lipinski definition) is 9. The molecule has 0 aliphatic carbocycles. The number of hydrogen-bond donors (Lipinski definition) is 0. The smallest absolute Gasteiger partial charge is 0.308 e. The summed E-state index contributed by atoms with van der Waals surface area (Å²) in [6.45, 7) is 2.46. The van der Waals surface area contributed by atoms with E-state index in [9.17, 15) is 14.4 Å². The van der Waals surface area contributed by atoms with Gasteiger partial charge in [-0.2, -0.15) is 0 Å². The summed E-state index contributed by atoms with van der Waals surface area (Å²) in [7, 11) is 3.15. The Labute approximate surface area is 195 Å². The van der Waals surface area contributed by atoms with Crippen LogP contribution in [0.2, 0.25) is 0 Å². The second-order valence-electron chi connectivity index (χ2n) is 6.99. The zero-order valence-corrected chi connectivity index (χ0v) is 19.5. The van der Waals surface area contributed by atoms with Gasteiger partial charge in [-0.1, -0.05) is 0 Å². The van der Waals surface area contributed by atoms with E-state index >= 15 is 0 Å². The maximum absolute atomic E-state index is 12.7. The topological polar surface area (TPSA) is 101 Å². The highest BCUT2D eigenvalue weighted by atomic mass is 32.1. The molecule has 172 valence electrons. The number of ketones is 1. The minimum absolute atomic E-state index is 0.0212. The van der Waals surface area contributed by atoms with Gasteiger partial charge in [0.15, 0.2) is 28.8 Å². The van der Waals surface area contributed by atoms with E-state index in [1.807, 2.05) is 23.6 Å². The molecule has 0 N–H and O–H groups in total. The van der Waals surface area contributed by atoms with E-state index in [2.05, 4.69) is 4.98 Å². The number of Topliss-reactive ketones (excluding diaryl/α,β-unsaturated/α-hetero) is 1. The summed E-state index contributed by atoms with van der Waals surface area (Å²) in [5.74, 6) is 0.0494. The first kappa shape index (κ1) is 23.9. The Balaban J connectivity index is 1.71. The third-order valence-corrected chi connectivity index (χ3v) is 5.50. The van der Waals surface area contributed by atoms with E-state index in [1.54, 1.807) is 14.2 Å². The molecule has 0 spiro atoms. The Hall–Kier alpha value is -3.72. The summed E-state index contributed by atoms with van der Waals surface area (Å²) >= 11 is 1.47. The van der Waals surface area contributed by atoms with Gasteiger partial charge in [-0.15, -0.1) is 11.3 Å². The van der Waals surface area contributed by atoms with Crippen LogP contribution in [0, 0.1) is 0 Å². The van der Waals surface area contributed by atoms with Crippen LogP contribution in [0.15, 0.2) is 41.8 Å². The summed E-state index contributed by atoms with van der Waals surface area (Å²) in [6, 6.07) is 9.94. The molecule has 1 heterocycles. The van der Waals surface area contributed by atoms with Gasteiger partial charge in [0, 0.05) is 36.8 Å². The Kier molecular flexibility index (Phi) is 7.78. The van der Waals surface area contributed by atoms with Crippen molar-refractivity contribution in [3.63, 3.8) is 0 Å². The van der Waals surface area contributed by atoms with Crippen molar-refractivity contribution in [1.29, 1.82) is 0 Å². The lowest BCUT2D eigenvalue weighted by Gasteiger charge is -2.10. The van der Waals surface area contributed by atoms with Gasteiger partial charge >= 0.3 is 11.9 Å². The van der Waals surface area contributed by atoms with E-state index in [-0.39, 0.29) is 23.7 Å². The van der Waals surface area contributed by atoms with E-state index < -0.39 is 11.9 Å². The molecular weight excluding hydrogens is 446 g/mol. The lowest BCUT2D eigenvalue weighted by Crippen LogP contribution is -2.09. The van der Waals surface area contributed by atoms with Crippen molar-refractivity contribution in [1.82, 2.24) is 4.98 Å². The Morgan fingerprint density at radius 2 is 1.52 bits per heavy atom. The van der Waals surface area contributed by atoms with E-state index in [4.69, 9.17) is 18.9 Å². The summed E-state index contributed by atoms with van der Waals surface area (Å²) in [5.41, 5.74) is 2.02. The Bertz CT molecular complexity index is 1190. The molecule has 9 heteroatoms. The van der Waals surface area contributed by atoms with Crippen LogP contribution in [0.4, 0.5) is 0 Å². The molecular formula is C24H23NO7S. The van der Waals surface area contributed by atoms with Crippen LogP contribution in [0.3, 0.4) is 0 Å². The predicted octanol–water partition coefficient (Wildman–Crippen LogP) is 4.49. The van der Waals surface area contributed by atoms with Crippen LogP contribution >= 0.6 is 11.3 Å². The lowest BCUT2D eigenvalue weighted by molar-refractivity contribution is -0.134. The standard InChI is InChI=1S/C24H23NO7S/c1-14(26)31-21-10-5-16(11-23(21)32-15(2)27)19(28)8-7-18-13-33-24(25-18)17-6-9-20(29-3)22(12-17)30-4/h5-6,9-13H,7-8H2,1-4H3. The first-order chi connectivity index (χ1) is 15.8. The summed E-state index contributed by atoms with van der Waals surface area (Å²) in [6.07, 6.45) is 0.652. The number of benzene rings is 2. The van der Waals surface area contributed by atoms with Crippen LogP contribution in [-0.4, -0.2) is 36.9 Å². The van der Waals surface area contributed by atoms with Gasteiger partial charge in [0.2, 0.25) is 0 Å². The maximum atomic E-state index is 12.7. The van der Waals surface area contributed by atoms with Crippen molar-refractivity contribution in [2.45, 2.75) is 26.7 Å². The van der Waals surface area contributed by atoms with E-state index in [0.717, 1.165) is 16.3 Å². The van der Waals surface area contributed by atoms with Crippen molar-refractivity contribution in [3.8, 4) is 33.6 Å². The minimum atomic E-state index is -0.585. The van der Waals surface area contributed by atoms with Crippen molar-refractivity contribution < 1.29 is 33.3 Å². The Morgan fingerprint density at radius 1 is 0.848 bits per heavy atom. The number of nitrogens with zero attached hydrogens (tertiary/aromatic N) is 1. The van der Waals surface area contributed by atoms with Gasteiger partial charge in [-0.3, -0.25) is 14.4 Å². The van der Waals surface area contributed by atoms with Gasteiger partial charge in [0.25, 0.3) is 0 Å². The third-order valence-electron chi connectivity index (χ3n) is 4.56. The van der Waals surface area contributed by atoms with Crippen LogP contribution in [0.1, 0.15) is 36.3 Å². The second-order valence-corrected chi connectivity index (χ2v) is 7.84. The average Bonchev–Trinajstić information content (AvgIpc) is 3.26. The zero-order valence-electron chi connectivity index (χ0n) is 18.7. The number of thiazole rings is 1. The number of carbonyl (C=O) groups excluding carboxylic acids is 3. The molecule has 0 aliphatic heterocycles. The van der Waals surface area contributed by atoms with Crippen LogP contribution in [0.25, 0.3) is 10.6 Å². The first-order valence-electron chi connectivity index (χ1n) is 10.0. The number of aromatic nitrogens is 1. The highest BCUT2D eigenvalue weighted by Gasteiger charge is 2.16. The van der Waals surface area contributed by atoms with Crippen LogP contribution in [0.5, 0.6) is 23.0 Å². The molecule has 8 nitrogen and oxygen atoms in total. The average molecular weight is 470 g/mol. The highest BCUT2D eigenvalue weighted by Crippen LogP contribution is 2.34. The molecule has 0 atom stereocenters. The van der Waals surface area contributed by atoms with Crippen molar-refractivity contribution >= 4 is 29.1 Å². The Morgan fingerprint density at radius 3 is 2.18 bits per heavy atom. The quantitative estimate of drug-likeness (QED) is 0.257. The van der Waals surface area contributed by atoms with Gasteiger partial charge < -0.3 is 18.9 Å². The SMILES string of the molecule is COc1ccc(-c2nc(CCC(=O)c3ccc(OC(C)=O)c(OC(C)=O)c3)cs2)cc1OC. The molecule has 33 heavy (non-hydrogen) atoms. The van der Waals surface area contributed by atoms with Crippen LogP contribution < -0.4 is 18.9 Å². The summed E-state index contributed by atoms with van der Waals surface area (Å²) in [5, 5.41) is 2.72. The summed E-state index contributed by atoms with van der Waals surface area (Å²) < 4.78 is 20.7. The van der Waals surface area contributed by atoms with Gasteiger partial charge in [-0.05, 0) is 42.8 Å². The normalized spacial score (nSPS) is 10.4. The van der Waals surface area contributed by atoms with Gasteiger partial charge in [0.05, 0.1) is 19.9 Å². The monoisotopic (exact) mass is 469 g/mol. The third kappa shape index (κ3) is 6.17. The van der Waals surface area contributed by atoms with E-state index in [1.165, 1.54) is 43.4 Å². The first-order valence-corrected chi connectivity index (χ1v) is 10.9. The molecule has 2 aromatic carbocycles. The number of rotatable bonds is 9. The molecule has 0 saturated heterocycles. The van der Waals surface area contributed by atoms with Crippen molar-refractivity contribution in [2.75, 3.05) is 14.2 Å². The molecule has 0 fully saturated rings. The van der Waals surface area contributed by atoms with Gasteiger partial charge in [-0.25, -0.2) is 4.98 Å². The number of carbonyl (C=O) groups is 3.